The smallest absolute Gasteiger partial charge is 0.346 e. The van der Waals surface area contributed by atoms with Crippen molar-refractivity contribution in [2.24, 2.45) is 0 Å². The van der Waals surface area contributed by atoms with Crippen LogP contribution in [0.15, 0.2) is 0 Å². The van der Waals surface area contributed by atoms with Gasteiger partial charge in [0.15, 0.2) is 0 Å². The van der Waals surface area contributed by atoms with E-state index in [1.807, 2.05) is 0 Å². The topological polar surface area (TPSA) is 93.1 Å². The maximum Gasteiger partial charge on any atom is 0.346 e. The number of hydrogen-bond acceptors (Lipinski definition) is 6. The van der Waals surface area contributed by atoms with Crippen molar-refractivity contribution in [3.63, 3.8) is 0 Å². The fourth-order valence-corrected chi connectivity index (χ4v) is 2.18. The predicted molar refractivity (Wildman–Crippen MR) is 54.8 cm³/mol. The normalized spacial score (nSPS) is 26.9. The van der Waals surface area contributed by atoms with Crippen LogP contribution < -0.4 is 0 Å². The molecule has 1 fully saturated rings. The zero-order valence-electron chi connectivity index (χ0n) is 10.1. The second-order valence-electron chi connectivity index (χ2n) is 4.10. The van der Waals surface area contributed by atoms with Crippen LogP contribution in [0.5, 0.6) is 0 Å². The van der Waals surface area contributed by atoms with E-state index in [1.54, 1.807) is 0 Å². The third kappa shape index (κ3) is 1.49. The van der Waals surface area contributed by atoms with E-state index < -0.39 is 29.0 Å². The summed E-state index contributed by atoms with van der Waals surface area (Å²) in [4.78, 5) is 36.1. The van der Waals surface area contributed by atoms with E-state index in [9.17, 15) is 19.5 Å². The average molecular weight is 245 g/mol. The molecule has 0 spiro atoms. The highest BCUT2D eigenvalue weighted by Gasteiger charge is 2.70. The number of carbonyl (C=O) groups is 3. The number of esters is 2. The Balaban J connectivity index is 3.45. The molecule has 0 saturated carbocycles. The molecule has 0 bridgehead atoms. The zero-order valence-corrected chi connectivity index (χ0v) is 10.1. The first-order valence-corrected chi connectivity index (χ1v) is 4.91. The molecule has 0 aliphatic carbocycles. The molecule has 1 rings (SSSR count). The van der Waals surface area contributed by atoms with Crippen LogP contribution >= 0.6 is 0 Å². The average Bonchev–Trinajstić information content (AvgIpc) is 2.44. The van der Waals surface area contributed by atoms with Gasteiger partial charge in [-0.2, -0.15) is 0 Å². The van der Waals surface area contributed by atoms with Gasteiger partial charge in [0.1, 0.15) is 5.60 Å². The van der Waals surface area contributed by atoms with Gasteiger partial charge in [-0.1, -0.05) is 0 Å². The maximum atomic E-state index is 11.8. The van der Waals surface area contributed by atoms with Crippen molar-refractivity contribution >= 4 is 17.8 Å². The Bertz CT molecular complexity index is 359. The molecule has 1 amide bonds. The fourth-order valence-electron chi connectivity index (χ4n) is 2.18. The number of amides is 1. The van der Waals surface area contributed by atoms with Crippen LogP contribution in [0.3, 0.4) is 0 Å². The standard InChI is InChI=1S/C10H15NO6/c1-9(15)5-6(12)11(2)10(9,7(13)16-3)8(14)17-4/h15H,5H2,1-4H3. The molecule has 1 aliphatic heterocycles. The monoisotopic (exact) mass is 245 g/mol. The lowest BCUT2D eigenvalue weighted by atomic mass is 9.81. The van der Waals surface area contributed by atoms with Gasteiger partial charge < -0.3 is 19.5 Å². The molecule has 0 aromatic carbocycles. The largest absolute Gasteiger partial charge is 0.467 e. The van der Waals surface area contributed by atoms with Crippen molar-refractivity contribution < 1.29 is 29.0 Å². The Morgan fingerprint density at radius 1 is 1.29 bits per heavy atom. The van der Waals surface area contributed by atoms with Crippen LogP contribution in [0.4, 0.5) is 0 Å². The number of carbonyl (C=O) groups excluding carboxylic acids is 3. The summed E-state index contributed by atoms with van der Waals surface area (Å²) in [5, 5.41) is 10.2. The molecule has 17 heavy (non-hydrogen) atoms. The molecule has 1 aliphatic rings. The van der Waals surface area contributed by atoms with E-state index in [0.717, 1.165) is 19.1 Å². The summed E-state index contributed by atoms with van der Waals surface area (Å²) >= 11 is 0. The van der Waals surface area contributed by atoms with Gasteiger partial charge in [0.05, 0.1) is 20.6 Å². The number of ether oxygens (including phenoxy) is 2. The Morgan fingerprint density at radius 3 is 1.94 bits per heavy atom. The van der Waals surface area contributed by atoms with E-state index in [1.165, 1.54) is 14.0 Å². The fraction of sp³-hybridized carbons (Fsp3) is 0.700. The second-order valence-corrected chi connectivity index (χ2v) is 4.10. The van der Waals surface area contributed by atoms with Gasteiger partial charge in [-0.05, 0) is 6.92 Å². The van der Waals surface area contributed by atoms with Gasteiger partial charge in [-0.25, -0.2) is 9.59 Å². The molecule has 7 nitrogen and oxygen atoms in total. The van der Waals surface area contributed by atoms with Gasteiger partial charge in [0, 0.05) is 7.05 Å². The van der Waals surface area contributed by atoms with E-state index in [2.05, 4.69) is 9.47 Å². The summed E-state index contributed by atoms with van der Waals surface area (Å²) < 4.78 is 9.04. The highest BCUT2D eigenvalue weighted by Crippen LogP contribution is 2.40. The molecule has 7 heteroatoms. The molecule has 1 saturated heterocycles. The quantitative estimate of drug-likeness (QED) is 0.479. The molecule has 0 radical (unpaired) electrons. The number of likely N-dealkylation sites (tertiary alicyclic amines) is 1. The summed E-state index contributed by atoms with van der Waals surface area (Å²) in [6.07, 6.45) is -0.353. The van der Waals surface area contributed by atoms with Gasteiger partial charge >= 0.3 is 11.9 Å². The van der Waals surface area contributed by atoms with Crippen molar-refractivity contribution in [3.8, 4) is 0 Å². The lowest BCUT2D eigenvalue weighted by Crippen LogP contribution is -2.67. The van der Waals surface area contributed by atoms with Gasteiger partial charge in [0.25, 0.3) is 5.54 Å². The zero-order chi connectivity index (χ0) is 13.4. The lowest BCUT2D eigenvalue weighted by molar-refractivity contribution is -0.183. The van der Waals surface area contributed by atoms with Crippen molar-refractivity contribution in [2.75, 3.05) is 21.3 Å². The molecule has 1 N–H and O–H groups in total. The van der Waals surface area contributed by atoms with Crippen molar-refractivity contribution in [1.29, 1.82) is 0 Å². The van der Waals surface area contributed by atoms with Crippen LogP contribution in [0.1, 0.15) is 13.3 Å². The maximum absolute atomic E-state index is 11.8. The minimum Gasteiger partial charge on any atom is -0.467 e. The van der Waals surface area contributed by atoms with Crippen LogP contribution in [-0.4, -0.2) is 60.3 Å². The summed E-state index contributed by atoms with van der Waals surface area (Å²) in [5.41, 5.74) is -4.02. The van der Waals surface area contributed by atoms with Gasteiger partial charge in [-0.15, -0.1) is 0 Å². The Morgan fingerprint density at radius 2 is 1.71 bits per heavy atom. The van der Waals surface area contributed by atoms with E-state index in [-0.39, 0.29) is 6.42 Å². The van der Waals surface area contributed by atoms with Crippen LogP contribution in [0.2, 0.25) is 0 Å². The first-order valence-electron chi connectivity index (χ1n) is 4.91. The van der Waals surface area contributed by atoms with E-state index >= 15 is 0 Å². The number of likely N-dealkylation sites (N-methyl/N-ethyl adjacent to an activating group) is 1. The highest BCUT2D eigenvalue weighted by molar-refractivity contribution is 6.12. The minimum atomic E-state index is -2.15. The number of methoxy groups -OCH3 is 2. The number of nitrogens with zero attached hydrogens (tertiary/aromatic N) is 1. The minimum absolute atomic E-state index is 0.353. The first-order chi connectivity index (χ1) is 7.75. The highest BCUT2D eigenvalue weighted by atomic mass is 16.6. The summed E-state index contributed by atoms with van der Waals surface area (Å²) in [5.74, 6) is -2.59. The van der Waals surface area contributed by atoms with Crippen molar-refractivity contribution in [2.45, 2.75) is 24.5 Å². The second kappa shape index (κ2) is 3.99. The Kier molecular flexibility index (Phi) is 3.15. The number of aliphatic hydroxyl groups is 1. The Hall–Kier alpha value is -1.63. The lowest BCUT2D eigenvalue weighted by Gasteiger charge is -2.37. The van der Waals surface area contributed by atoms with E-state index in [4.69, 9.17) is 0 Å². The molecule has 1 unspecified atom stereocenters. The van der Waals surface area contributed by atoms with Gasteiger partial charge in [-0.3, -0.25) is 4.79 Å². The van der Waals surface area contributed by atoms with Crippen molar-refractivity contribution in [1.82, 2.24) is 4.90 Å². The summed E-state index contributed by atoms with van der Waals surface area (Å²) in [6.45, 7) is 1.22. The van der Waals surface area contributed by atoms with Crippen LogP contribution in [-0.2, 0) is 23.9 Å². The van der Waals surface area contributed by atoms with E-state index in [0.29, 0.717) is 0 Å². The number of rotatable bonds is 2. The molecule has 1 heterocycles. The molecular formula is C10H15NO6. The molecule has 96 valence electrons. The molecule has 0 aromatic heterocycles. The van der Waals surface area contributed by atoms with Crippen LogP contribution in [0, 0.1) is 0 Å². The molecular weight excluding hydrogens is 230 g/mol. The first kappa shape index (κ1) is 13.4. The third-order valence-electron chi connectivity index (χ3n) is 3.11. The third-order valence-corrected chi connectivity index (χ3v) is 3.11. The van der Waals surface area contributed by atoms with Crippen LogP contribution in [0.25, 0.3) is 0 Å². The molecule has 1 atom stereocenters. The number of hydrogen-bond donors (Lipinski definition) is 1. The van der Waals surface area contributed by atoms with Gasteiger partial charge in [0.2, 0.25) is 5.91 Å². The van der Waals surface area contributed by atoms with Crippen molar-refractivity contribution in [3.05, 3.63) is 0 Å². The predicted octanol–water partition coefficient (Wildman–Crippen LogP) is -1.32. The summed E-state index contributed by atoms with van der Waals surface area (Å²) in [7, 11) is 3.39. The molecule has 0 aromatic rings. The Labute approximate surface area is 98.3 Å². The SMILES string of the molecule is COC(=O)C1(C(=O)OC)N(C)C(=O)CC1(C)O. The summed E-state index contributed by atoms with van der Waals surface area (Å²) in [6, 6.07) is 0.